The van der Waals surface area contributed by atoms with Gasteiger partial charge in [0.2, 0.25) is 5.91 Å². The highest BCUT2D eigenvalue weighted by atomic mass is 35.5. The second-order valence-corrected chi connectivity index (χ2v) is 6.13. The fourth-order valence-corrected chi connectivity index (χ4v) is 2.96. The highest BCUT2D eigenvalue weighted by molar-refractivity contribution is 6.32. The standard InChI is InChI=1S/C19H20ClNO4/c1-23-16-6-3-2-5-14(16)11-18(22)21-12-13-9-15(20)19-17(10-13)24-7-4-8-25-19/h2-3,5-6,9-10H,4,7-8,11-12H2,1H3,(H,21,22). The van der Waals surface area contributed by atoms with Gasteiger partial charge in [0, 0.05) is 18.5 Å². The number of para-hydroxylation sites is 1. The minimum Gasteiger partial charge on any atom is -0.496 e. The lowest BCUT2D eigenvalue weighted by Crippen LogP contribution is -2.24. The molecule has 6 heteroatoms. The average molecular weight is 362 g/mol. The molecule has 0 saturated heterocycles. The van der Waals surface area contributed by atoms with E-state index in [0.29, 0.717) is 42.0 Å². The molecule has 1 aliphatic heterocycles. The number of methoxy groups -OCH3 is 1. The van der Waals surface area contributed by atoms with Crippen molar-refractivity contribution >= 4 is 17.5 Å². The van der Waals surface area contributed by atoms with E-state index in [-0.39, 0.29) is 12.3 Å². The van der Waals surface area contributed by atoms with Gasteiger partial charge in [-0.2, -0.15) is 0 Å². The molecule has 0 radical (unpaired) electrons. The summed E-state index contributed by atoms with van der Waals surface area (Å²) in [5.74, 6) is 1.81. The van der Waals surface area contributed by atoms with Crippen molar-refractivity contribution in [3.63, 3.8) is 0 Å². The molecule has 1 aliphatic rings. The molecule has 132 valence electrons. The second-order valence-electron chi connectivity index (χ2n) is 5.72. The predicted octanol–water partition coefficient (Wildman–Crippen LogP) is 3.37. The molecule has 0 atom stereocenters. The van der Waals surface area contributed by atoms with Gasteiger partial charge in [0.15, 0.2) is 11.5 Å². The largest absolute Gasteiger partial charge is 0.496 e. The first-order chi connectivity index (χ1) is 12.2. The number of carbonyl (C=O) groups excluding carboxylic acids is 1. The first-order valence-electron chi connectivity index (χ1n) is 8.14. The van der Waals surface area contributed by atoms with Gasteiger partial charge in [0.25, 0.3) is 0 Å². The van der Waals surface area contributed by atoms with Crippen LogP contribution in [-0.4, -0.2) is 26.2 Å². The monoisotopic (exact) mass is 361 g/mol. The number of amides is 1. The maximum atomic E-state index is 12.2. The zero-order valence-electron chi connectivity index (χ0n) is 14.0. The number of rotatable bonds is 5. The van der Waals surface area contributed by atoms with Crippen LogP contribution in [-0.2, 0) is 17.8 Å². The van der Waals surface area contributed by atoms with E-state index in [1.807, 2.05) is 30.3 Å². The highest BCUT2D eigenvalue weighted by Crippen LogP contribution is 2.37. The summed E-state index contributed by atoms with van der Waals surface area (Å²) in [6.07, 6.45) is 1.07. The Balaban J connectivity index is 1.64. The Labute approximate surface area is 151 Å². The Hall–Kier alpha value is -2.40. The Morgan fingerprint density at radius 1 is 1.24 bits per heavy atom. The molecular formula is C19H20ClNO4. The van der Waals surface area contributed by atoms with E-state index in [2.05, 4.69) is 5.32 Å². The van der Waals surface area contributed by atoms with Crippen LogP contribution in [0.2, 0.25) is 5.02 Å². The van der Waals surface area contributed by atoms with Gasteiger partial charge in [-0.25, -0.2) is 0 Å². The minimum absolute atomic E-state index is 0.0901. The zero-order valence-corrected chi connectivity index (χ0v) is 14.8. The number of hydrogen-bond acceptors (Lipinski definition) is 4. The molecule has 1 heterocycles. The van der Waals surface area contributed by atoms with Crippen LogP contribution in [0.3, 0.4) is 0 Å². The summed E-state index contributed by atoms with van der Waals surface area (Å²) in [4.78, 5) is 12.2. The van der Waals surface area contributed by atoms with Crippen molar-refractivity contribution in [3.05, 3.63) is 52.5 Å². The first kappa shape index (κ1) is 17.4. The summed E-state index contributed by atoms with van der Waals surface area (Å²) in [7, 11) is 1.59. The Bertz CT molecular complexity index is 763. The van der Waals surface area contributed by atoms with Gasteiger partial charge in [0.05, 0.1) is 31.8 Å². The van der Waals surface area contributed by atoms with Crippen molar-refractivity contribution in [3.8, 4) is 17.2 Å². The number of hydrogen-bond donors (Lipinski definition) is 1. The van der Waals surface area contributed by atoms with Gasteiger partial charge in [-0.15, -0.1) is 0 Å². The fourth-order valence-electron chi connectivity index (χ4n) is 2.67. The van der Waals surface area contributed by atoms with Crippen molar-refractivity contribution in [2.24, 2.45) is 0 Å². The van der Waals surface area contributed by atoms with Gasteiger partial charge >= 0.3 is 0 Å². The average Bonchev–Trinajstić information content (AvgIpc) is 2.86. The van der Waals surface area contributed by atoms with E-state index in [1.165, 1.54) is 0 Å². The quantitative estimate of drug-likeness (QED) is 0.887. The molecule has 1 amide bonds. The number of fused-ring (bicyclic) bond motifs is 1. The Morgan fingerprint density at radius 3 is 2.88 bits per heavy atom. The van der Waals surface area contributed by atoms with Crippen molar-refractivity contribution in [2.75, 3.05) is 20.3 Å². The molecule has 0 saturated carbocycles. The summed E-state index contributed by atoms with van der Waals surface area (Å²) < 4.78 is 16.5. The topological polar surface area (TPSA) is 56.8 Å². The SMILES string of the molecule is COc1ccccc1CC(=O)NCc1cc(Cl)c2c(c1)OCCCO2. The van der Waals surface area contributed by atoms with Crippen molar-refractivity contribution in [2.45, 2.75) is 19.4 Å². The van der Waals surface area contributed by atoms with Gasteiger partial charge in [-0.05, 0) is 23.8 Å². The molecule has 25 heavy (non-hydrogen) atoms. The molecule has 0 fully saturated rings. The fraction of sp³-hybridized carbons (Fsp3) is 0.316. The van der Waals surface area contributed by atoms with Gasteiger partial charge in [0.1, 0.15) is 5.75 Å². The number of carbonyl (C=O) groups is 1. The van der Waals surface area contributed by atoms with Crippen LogP contribution in [0.5, 0.6) is 17.2 Å². The van der Waals surface area contributed by atoms with Crippen LogP contribution >= 0.6 is 11.6 Å². The lowest BCUT2D eigenvalue weighted by molar-refractivity contribution is -0.120. The molecule has 1 N–H and O–H groups in total. The molecular weight excluding hydrogens is 342 g/mol. The highest BCUT2D eigenvalue weighted by Gasteiger charge is 2.16. The van der Waals surface area contributed by atoms with E-state index in [4.69, 9.17) is 25.8 Å². The summed E-state index contributed by atoms with van der Waals surface area (Å²) >= 11 is 6.27. The third-order valence-corrected chi connectivity index (χ3v) is 4.18. The van der Waals surface area contributed by atoms with Crippen molar-refractivity contribution in [1.82, 2.24) is 5.32 Å². The molecule has 0 unspecified atom stereocenters. The molecule has 2 aromatic rings. The van der Waals surface area contributed by atoms with Crippen LogP contribution in [0.15, 0.2) is 36.4 Å². The summed E-state index contributed by atoms with van der Waals surface area (Å²) in [5.41, 5.74) is 1.71. The third-order valence-electron chi connectivity index (χ3n) is 3.90. The first-order valence-corrected chi connectivity index (χ1v) is 8.52. The predicted molar refractivity (Wildman–Crippen MR) is 95.6 cm³/mol. The van der Waals surface area contributed by atoms with Gasteiger partial charge < -0.3 is 19.5 Å². The van der Waals surface area contributed by atoms with Gasteiger partial charge in [-0.1, -0.05) is 29.8 Å². The van der Waals surface area contributed by atoms with Crippen LogP contribution in [0.1, 0.15) is 17.5 Å². The van der Waals surface area contributed by atoms with Crippen molar-refractivity contribution in [1.29, 1.82) is 0 Å². The lowest BCUT2D eigenvalue weighted by atomic mass is 10.1. The van der Waals surface area contributed by atoms with E-state index >= 15 is 0 Å². The zero-order chi connectivity index (χ0) is 17.6. The van der Waals surface area contributed by atoms with Crippen LogP contribution in [0.4, 0.5) is 0 Å². The second kappa shape index (κ2) is 8.12. The molecule has 0 aromatic heterocycles. The molecule has 0 spiro atoms. The van der Waals surface area contributed by atoms with Gasteiger partial charge in [-0.3, -0.25) is 4.79 Å². The molecule has 0 aliphatic carbocycles. The smallest absolute Gasteiger partial charge is 0.224 e. The van der Waals surface area contributed by atoms with Crippen LogP contribution in [0, 0.1) is 0 Å². The molecule has 2 aromatic carbocycles. The maximum Gasteiger partial charge on any atom is 0.224 e. The van der Waals surface area contributed by atoms with Crippen LogP contribution < -0.4 is 19.5 Å². The summed E-state index contributed by atoms with van der Waals surface area (Å²) in [6.45, 7) is 1.54. The normalized spacial score (nSPS) is 13.0. The Kier molecular flexibility index (Phi) is 5.66. The number of ether oxygens (including phenoxy) is 3. The number of benzene rings is 2. The minimum atomic E-state index is -0.0901. The third kappa shape index (κ3) is 4.37. The molecule has 3 rings (SSSR count). The summed E-state index contributed by atoms with van der Waals surface area (Å²) in [5, 5.41) is 3.39. The van der Waals surface area contributed by atoms with E-state index < -0.39 is 0 Å². The lowest BCUT2D eigenvalue weighted by Gasteiger charge is -2.12. The molecule has 5 nitrogen and oxygen atoms in total. The Morgan fingerprint density at radius 2 is 2.04 bits per heavy atom. The maximum absolute atomic E-state index is 12.2. The number of nitrogens with one attached hydrogen (secondary N) is 1. The molecule has 0 bridgehead atoms. The van der Waals surface area contributed by atoms with Crippen molar-refractivity contribution < 1.29 is 19.0 Å². The van der Waals surface area contributed by atoms with E-state index in [1.54, 1.807) is 13.2 Å². The van der Waals surface area contributed by atoms with Crippen LogP contribution in [0.25, 0.3) is 0 Å². The number of halogens is 1. The summed E-state index contributed by atoms with van der Waals surface area (Å²) in [6, 6.07) is 11.1. The van der Waals surface area contributed by atoms with E-state index in [0.717, 1.165) is 17.5 Å². The van der Waals surface area contributed by atoms with E-state index in [9.17, 15) is 4.79 Å².